The van der Waals surface area contributed by atoms with Gasteiger partial charge in [0.25, 0.3) is 0 Å². The summed E-state index contributed by atoms with van der Waals surface area (Å²) in [7, 11) is 0. The van der Waals surface area contributed by atoms with Gasteiger partial charge in [0, 0.05) is 11.1 Å². The van der Waals surface area contributed by atoms with Crippen molar-refractivity contribution >= 4 is 23.5 Å². The fourth-order valence-corrected chi connectivity index (χ4v) is 7.07. The van der Waals surface area contributed by atoms with Crippen LogP contribution in [0.4, 0.5) is 0 Å². The van der Waals surface area contributed by atoms with E-state index in [4.69, 9.17) is 0 Å². The summed E-state index contributed by atoms with van der Waals surface area (Å²) in [5.74, 6) is 2.59. The third kappa shape index (κ3) is 4.97. The Labute approximate surface area is 123 Å². The average Bonchev–Trinajstić information content (AvgIpc) is 2.19. The van der Waals surface area contributed by atoms with Gasteiger partial charge in [0.15, 0.2) is 0 Å². The van der Waals surface area contributed by atoms with Crippen LogP contribution in [0.25, 0.3) is 0 Å². The van der Waals surface area contributed by atoms with Crippen molar-refractivity contribution in [2.75, 3.05) is 11.5 Å². The van der Waals surface area contributed by atoms with E-state index in [1.165, 1.54) is 37.2 Å². The number of nitrogens with one attached hydrogen (secondary N) is 1. The zero-order valence-corrected chi connectivity index (χ0v) is 14.7. The van der Waals surface area contributed by atoms with Gasteiger partial charge in [0.2, 0.25) is 0 Å². The lowest BCUT2D eigenvalue weighted by Gasteiger charge is -2.52. The smallest absolute Gasteiger partial charge is 0.0645 e. The Bertz CT molecular complexity index is 235. The molecular weight excluding hydrogens is 258 g/mol. The van der Waals surface area contributed by atoms with Gasteiger partial charge in [0.1, 0.15) is 0 Å². The highest BCUT2D eigenvalue weighted by Crippen LogP contribution is 2.52. The van der Waals surface area contributed by atoms with E-state index < -0.39 is 0 Å². The summed E-state index contributed by atoms with van der Waals surface area (Å²) < 4.78 is 0.421. The Balaban J connectivity index is 2.85. The number of rotatable bonds is 6. The molecular formula is C15H31NS2. The second-order valence-corrected chi connectivity index (χ2v) is 10.1. The van der Waals surface area contributed by atoms with Gasteiger partial charge in [-0.2, -0.15) is 0 Å². The van der Waals surface area contributed by atoms with Gasteiger partial charge in [-0.25, -0.2) is 0 Å². The van der Waals surface area contributed by atoms with Crippen molar-refractivity contribution in [1.29, 1.82) is 0 Å². The van der Waals surface area contributed by atoms with Crippen LogP contribution in [0.1, 0.15) is 67.2 Å². The van der Waals surface area contributed by atoms with E-state index in [9.17, 15) is 0 Å². The maximum atomic E-state index is 3.81. The van der Waals surface area contributed by atoms with Crippen molar-refractivity contribution in [3.8, 4) is 0 Å². The highest BCUT2D eigenvalue weighted by Gasteiger charge is 2.47. The van der Waals surface area contributed by atoms with Gasteiger partial charge < -0.3 is 5.32 Å². The van der Waals surface area contributed by atoms with Crippen LogP contribution in [-0.4, -0.2) is 26.7 Å². The minimum absolute atomic E-state index is 0.253. The molecule has 0 aromatic rings. The van der Waals surface area contributed by atoms with Crippen LogP contribution >= 0.6 is 23.5 Å². The maximum absolute atomic E-state index is 3.81. The summed E-state index contributed by atoms with van der Waals surface area (Å²) in [5.41, 5.74) is 0.506. The Morgan fingerprint density at radius 1 is 0.833 bits per heavy atom. The van der Waals surface area contributed by atoms with Crippen LogP contribution in [0.5, 0.6) is 0 Å². The van der Waals surface area contributed by atoms with Crippen molar-refractivity contribution < 1.29 is 0 Å². The first kappa shape index (κ1) is 16.7. The predicted octanol–water partition coefficient (Wildman–Crippen LogP) is 4.91. The Morgan fingerprint density at radius 2 is 1.22 bits per heavy atom. The predicted molar refractivity (Wildman–Crippen MR) is 88.8 cm³/mol. The highest BCUT2D eigenvalue weighted by molar-refractivity contribution is 8.18. The Kier molecular flexibility index (Phi) is 5.95. The second kappa shape index (κ2) is 6.41. The quantitative estimate of drug-likeness (QED) is 0.698. The Hall–Kier alpha value is 0.660. The first-order chi connectivity index (χ1) is 8.24. The zero-order valence-electron chi connectivity index (χ0n) is 13.1. The molecule has 108 valence electrons. The molecule has 1 saturated heterocycles. The van der Waals surface area contributed by atoms with Gasteiger partial charge in [-0.1, -0.05) is 13.8 Å². The van der Waals surface area contributed by atoms with Crippen molar-refractivity contribution in [3.05, 3.63) is 0 Å². The third-order valence-electron chi connectivity index (χ3n) is 3.24. The van der Waals surface area contributed by atoms with Crippen LogP contribution in [0.15, 0.2) is 0 Å². The van der Waals surface area contributed by atoms with Crippen LogP contribution in [0.2, 0.25) is 0 Å². The lowest BCUT2D eigenvalue weighted by Crippen LogP contribution is -2.61. The second-order valence-electron chi connectivity index (χ2n) is 6.85. The first-order valence-electron chi connectivity index (χ1n) is 7.31. The molecule has 0 unspecified atom stereocenters. The monoisotopic (exact) mass is 289 g/mol. The molecule has 1 aliphatic rings. The third-order valence-corrected chi connectivity index (χ3v) is 6.80. The van der Waals surface area contributed by atoms with E-state index in [0.717, 1.165) is 0 Å². The average molecular weight is 290 g/mol. The summed E-state index contributed by atoms with van der Waals surface area (Å²) in [4.78, 5) is 0. The lowest BCUT2D eigenvalue weighted by atomic mass is 9.82. The van der Waals surface area contributed by atoms with E-state index in [1.807, 2.05) is 0 Å². The number of thioether (sulfide) groups is 2. The standard InChI is InChI=1S/C15H31NS2/c1-7-9-17-15(18-10-8-2)11-13(3,4)16-14(5,6)12-15/h16H,7-12H2,1-6H3. The van der Waals surface area contributed by atoms with Gasteiger partial charge in [0.05, 0.1) is 4.08 Å². The van der Waals surface area contributed by atoms with Crippen molar-refractivity contribution in [2.24, 2.45) is 0 Å². The van der Waals surface area contributed by atoms with Gasteiger partial charge in [-0.05, 0) is 64.9 Å². The largest absolute Gasteiger partial charge is 0.307 e. The topological polar surface area (TPSA) is 12.0 Å². The molecule has 0 saturated carbocycles. The van der Waals surface area contributed by atoms with Gasteiger partial charge in [-0.15, -0.1) is 23.5 Å². The molecule has 0 aliphatic carbocycles. The molecule has 1 heterocycles. The molecule has 3 heteroatoms. The number of hydrogen-bond acceptors (Lipinski definition) is 3. The molecule has 18 heavy (non-hydrogen) atoms. The van der Waals surface area contributed by atoms with Crippen LogP contribution in [0, 0.1) is 0 Å². The van der Waals surface area contributed by atoms with Crippen molar-refractivity contribution in [3.63, 3.8) is 0 Å². The molecule has 1 fully saturated rings. The minimum Gasteiger partial charge on any atom is -0.307 e. The highest BCUT2D eigenvalue weighted by atomic mass is 32.2. The summed E-state index contributed by atoms with van der Waals surface area (Å²) in [6.07, 6.45) is 5.12. The zero-order chi connectivity index (χ0) is 13.9. The fraction of sp³-hybridized carbons (Fsp3) is 1.00. The van der Waals surface area contributed by atoms with E-state index in [-0.39, 0.29) is 11.1 Å². The minimum atomic E-state index is 0.253. The molecule has 0 aromatic carbocycles. The summed E-state index contributed by atoms with van der Waals surface area (Å²) in [6, 6.07) is 0. The van der Waals surface area contributed by atoms with Gasteiger partial charge >= 0.3 is 0 Å². The van der Waals surface area contributed by atoms with Crippen LogP contribution in [-0.2, 0) is 0 Å². The maximum Gasteiger partial charge on any atom is 0.0645 e. The molecule has 0 atom stereocenters. The number of piperidine rings is 1. The molecule has 0 spiro atoms. The fourth-order valence-electron chi connectivity index (χ4n) is 3.24. The summed E-state index contributed by atoms with van der Waals surface area (Å²) >= 11 is 4.42. The SMILES string of the molecule is CCCSC1(SCCC)CC(C)(C)NC(C)(C)C1. The molecule has 1 aliphatic heterocycles. The summed E-state index contributed by atoms with van der Waals surface area (Å²) in [5, 5.41) is 3.81. The molecule has 0 amide bonds. The molecule has 1 rings (SSSR count). The Morgan fingerprint density at radius 3 is 1.56 bits per heavy atom. The van der Waals surface area contributed by atoms with Crippen LogP contribution < -0.4 is 5.32 Å². The molecule has 1 N–H and O–H groups in total. The van der Waals surface area contributed by atoms with E-state index in [2.05, 4.69) is 70.4 Å². The van der Waals surface area contributed by atoms with Crippen LogP contribution in [0.3, 0.4) is 0 Å². The first-order valence-corrected chi connectivity index (χ1v) is 9.29. The number of hydrogen-bond donors (Lipinski definition) is 1. The lowest BCUT2D eigenvalue weighted by molar-refractivity contribution is 0.179. The summed E-state index contributed by atoms with van der Waals surface area (Å²) in [6.45, 7) is 14.0. The van der Waals surface area contributed by atoms with E-state index >= 15 is 0 Å². The van der Waals surface area contributed by atoms with E-state index in [1.54, 1.807) is 0 Å². The molecule has 0 radical (unpaired) electrons. The normalized spacial score (nSPS) is 25.0. The van der Waals surface area contributed by atoms with Crippen molar-refractivity contribution in [2.45, 2.75) is 82.4 Å². The molecule has 0 bridgehead atoms. The molecule has 0 aromatic heterocycles. The van der Waals surface area contributed by atoms with E-state index in [0.29, 0.717) is 4.08 Å². The van der Waals surface area contributed by atoms with Gasteiger partial charge in [-0.3, -0.25) is 0 Å². The van der Waals surface area contributed by atoms with Crippen molar-refractivity contribution in [1.82, 2.24) is 5.32 Å². The molecule has 1 nitrogen and oxygen atoms in total.